The Balaban J connectivity index is 1.93. The summed E-state index contributed by atoms with van der Waals surface area (Å²) < 4.78 is 10.5. The van der Waals surface area contributed by atoms with E-state index in [2.05, 4.69) is 4.74 Å². The second-order valence-corrected chi connectivity index (χ2v) is 7.77. The normalized spacial score (nSPS) is 11.4. The molecule has 0 aliphatic heterocycles. The summed E-state index contributed by atoms with van der Waals surface area (Å²) in [5.41, 5.74) is 2.92. The van der Waals surface area contributed by atoms with Crippen LogP contribution in [0.5, 0.6) is 0 Å². The predicted molar refractivity (Wildman–Crippen MR) is 124 cm³/mol. The van der Waals surface area contributed by atoms with Crippen LogP contribution < -0.4 is 11.2 Å². The van der Waals surface area contributed by atoms with Crippen LogP contribution in [0.2, 0.25) is 0 Å². The average molecular weight is 443 g/mol. The van der Waals surface area contributed by atoms with Gasteiger partial charge < -0.3 is 4.74 Å². The summed E-state index contributed by atoms with van der Waals surface area (Å²) >= 11 is 0. The third-order valence-electron chi connectivity index (χ3n) is 5.79. The van der Waals surface area contributed by atoms with E-state index in [4.69, 9.17) is 4.98 Å². The minimum Gasteiger partial charge on any atom is -0.468 e. The molecule has 0 N–H and O–H groups in total. The molecule has 0 saturated heterocycles. The number of aromatic nitrogens is 5. The number of hydrogen-bond donors (Lipinski definition) is 0. The number of rotatable bonds is 4. The summed E-state index contributed by atoms with van der Waals surface area (Å²) in [6.07, 6.45) is 1.83. The van der Waals surface area contributed by atoms with Gasteiger partial charge in [-0.1, -0.05) is 48.5 Å². The Labute approximate surface area is 187 Å². The number of benzene rings is 2. The van der Waals surface area contributed by atoms with Crippen molar-refractivity contribution in [2.24, 2.45) is 7.05 Å². The summed E-state index contributed by atoms with van der Waals surface area (Å²) in [5.74, 6) is -0.196. The molecule has 9 nitrogen and oxygen atoms in total. The number of esters is 1. The molecule has 0 bridgehead atoms. The first-order chi connectivity index (χ1) is 15.9. The van der Waals surface area contributed by atoms with Gasteiger partial charge in [0.15, 0.2) is 11.2 Å². The second-order valence-electron chi connectivity index (χ2n) is 7.77. The SMILES string of the molecule is COC(=O)Cn1c(=O)c2c(nc3n(-c4ccccc4C)c(-c4ccccc4)cn23)n(C)c1=O. The van der Waals surface area contributed by atoms with Crippen molar-refractivity contribution in [2.45, 2.75) is 13.5 Å². The Morgan fingerprint density at radius 3 is 2.42 bits per heavy atom. The van der Waals surface area contributed by atoms with E-state index in [1.807, 2.05) is 72.3 Å². The van der Waals surface area contributed by atoms with Gasteiger partial charge in [-0.3, -0.25) is 23.1 Å². The Bertz CT molecular complexity index is 1650. The third-order valence-corrected chi connectivity index (χ3v) is 5.79. The third kappa shape index (κ3) is 3.08. The predicted octanol–water partition coefficient (Wildman–Crippen LogP) is 2.29. The molecule has 9 heteroatoms. The fraction of sp³-hybridized carbons (Fsp3) is 0.167. The molecule has 2 aromatic carbocycles. The van der Waals surface area contributed by atoms with Crippen LogP contribution in [0.1, 0.15) is 5.56 Å². The molecule has 5 aromatic rings. The molecule has 0 fully saturated rings. The number of imidazole rings is 2. The maximum absolute atomic E-state index is 13.4. The number of methoxy groups -OCH3 is 1. The summed E-state index contributed by atoms with van der Waals surface area (Å²) in [7, 11) is 2.74. The van der Waals surface area contributed by atoms with Gasteiger partial charge in [-0.25, -0.2) is 9.36 Å². The lowest BCUT2D eigenvalue weighted by molar-refractivity contribution is -0.141. The molecular weight excluding hydrogens is 422 g/mol. The van der Waals surface area contributed by atoms with E-state index in [0.717, 1.165) is 27.1 Å². The van der Waals surface area contributed by atoms with E-state index in [9.17, 15) is 14.4 Å². The maximum Gasteiger partial charge on any atom is 0.333 e. The zero-order valence-corrected chi connectivity index (χ0v) is 18.3. The van der Waals surface area contributed by atoms with Crippen LogP contribution >= 0.6 is 0 Å². The van der Waals surface area contributed by atoms with Crippen molar-refractivity contribution in [3.05, 3.63) is 87.2 Å². The molecule has 166 valence electrons. The molecule has 33 heavy (non-hydrogen) atoms. The molecule has 0 aliphatic carbocycles. The quantitative estimate of drug-likeness (QED) is 0.398. The number of carbonyl (C=O) groups excluding carboxylic acids is 1. The van der Waals surface area contributed by atoms with Crippen LogP contribution in [0.15, 0.2) is 70.4 Å². The molecule has 0 amide bonds. The number of fused-ring (bicyclic) bond motifs is 3. The van der Waals surface area contributed by atoms with Gasteiger partial charge in [-0.15, -0.1) is 0 Å². The first-order valence-corrected chi connectivity index (χ1v) is 10.3. The number of para-hydroxylation sites is 1. The molecule has 0 aliphatic rings. The molecule has 0 saturated carbocycles. The number of nitrogens with zero attached hydrogens (tertiary/aromatic N) is 5. The highest BCUT2D eigenvalue weighted by molar-refractivity contribution is 5.80. The van der Waals surface area contributed by atoms with Gasteiger partial charge in [0.2, 0.25) is 5.78 Å². The highest BCUT2D eigenvalue weighted by Crippen LogP contribution is 2.29. The van der Waals surface area contributed by atoms with Gasteiger partial charge in [0.05, 0.1) is 18.5 Å². The Morgan fingerprint density at radius 1 is 1.03 bits per heavy atom. The van der Waals surface area contributed by atoms with Crippen molar-refractivity contribution < 1.29 is 9.53 Å². The summed E-state index contributed by atoms with van der Waals surface area (Å²) in [6, 6.07) is 17.7. The van der Waals surface area contributed by atoms with Crippen LogP contribution in [-0.4, -0.2) is 36.2 Å². The van der Waals surface area contributed by atoms with E-state index >= 15 is 0 Å². The zero-order chi connectivity index (χ0) is 23.3. The molecule has 3 heterocycles. The van der Waals surface area contributed by atoms with Gasteiger partial charge in [-0.05, 0) is 18.6 Å². The van der Waals surface area contributed by atoms with Gasteiger partial charge in [0, 0.05) is 18.8 Å². The van der Waals surface area contributed by atoms with Gasteiger partial charge >= 0.3 is 11.7 Å². The van der Waals surface area contributed by atoms with Crippen LogP contribution in [0.4, 0.5) is 0 Å². The van der Waals surface area contributed by atoms with Crippen LogP contribution in [-0.2, 0) is 23.1 Å². The Hall–Kier alpha value is -4.40. The van der Waals surface area contributed by atoms with Crippen molar-refractivity contribution in [1.29, 1.82) is 0 Å². The smallest absolute Gasteiger partial charge is 0.333 e. The minimum atomic E-state index is -0.684. The number of ether oxygens (including phenoxy) is 1. The van der Waals surface area contributed by atoms with Crippen molar-refractivity contribution >= 4 is 22.9 Å². The molecule has 0 radical (unpaired) electrons. The highest BCUT2D eigenvalue weighted by Gasteiger charge is 2.23. The Kier molecular flexibility index (Phi) is 4.74. The fourth-order valence-corrected chi connectivity index (χ4v) is 4.09. The van der Waals surface area contributed by atoms with Crippen LogP contribution in [0, 0.1) is 6.92 Å². The highest BCUT2D eigenvalue weighted by atomic mass is 16.5. The monoisotopic (exact) mass is 443 g/mol. The first kappa shape index (κ1) is 20.5. The lowest BCUT2D eigenvalue weighted by atomic mass is 10.1. The topological polar surface area (TPSA) is 92.5 Å². The lowest BCUT2D eigenvalue weighted by Crippen LogP contribution is -2.41. The average Bonchev–Trinajstić information content (AvgIpc) is 3.38. The summed E-state index contributed by atoms with van der Waals surface area (Å²) in [6.45, 7) is 1.53. The number of hydrogen-bond acceptors (Lipinski definition) is 5. The number of aryl methyl sites for hydroxylation is 2. The largest absolute Gasteiger partial charge is 0.468 e. The molecule has 5 rings (SSSR count). The molecule has 0 unspecified atom stereocenters. The van der Waals surface area contributed by atoms with Gasteiger partial charge in [-0.2, -0.15) is 4.98 Å². The molecular formula is C24H21N5O4. The van der Waals surface area contributed by atoms with Crippen LogP contribution in [0.3, 0.4) is 0 Å². The molecule has 0 spiro atoms. The van der Waals surface area contributed by atoms with Crippen molar-refractivity contribution in [2.75, 3.05) is 7.11 Å². The summed E-state index contributed by atoms with van der Waals surface area (Å²) in [5, 5.41) is 0. The first-order valence-electron chi connectivity index (χ1n) is 10.3. The van der Waals surface area contributed by atoms with Crippen molar-refractivity contribution in [1.82, 2.24) is 23.1 Å². The zero-order valence-electron chi connectivity index (χ0n) is 18.3. The van der Waals surface area contributed by atoms with E-state index in [0.29, 0.717) is 5.78 Å². The molecule has 3 aromatic heterocycles. The standard InChI is InChI=1S/C24H21N5O4/c1-15-9-7-8-12-17(15)29-18(16-10-5-4-6-11-16)13-27-20-21(25-23(27)29)26(2)24(32)28(22(20)31)14-19(30)33-3/h4-13H,14H2,1-3H3. The van der Waals surface area contributed by atoms with Gasteiger partial charge in [0.25, 0.3) is 5.56 Å². The van der Waals surface area contributed by atoms with Crippen LogP contribution in [0.25, 0.3) is 33.9 Å². The molecule has 0 atom stereocenters. The van der Waals surface area contributed by atoms with E-state index in [-0.39, 0.29) is 11.2 Å². The minimum absolute atomic E-state index is 0.209. The van der Waals surface area contributed by atoms with E-state index in [1.165, 1.54) is 18.7 Å². The van der Waals surface area contributed by atoms with Crippen molar-refractivity contribution in [3.8, 4) is 16.9 Å². The summed E-state index contributed by atoms with van der Waals surface area (Å²) in [4.78, 5) is 42.7. The van der Waals surface area contributed by atoms with E-state index in [1.54, 1.807) is 4.40 Å². The number of carbonyl (C=O) groups is 1. The lowest BCUT2D eigenvalue weighted by Gasteiger charge is -2.11. The Morgan fingerprint density at radius 2 is 1.73 bits per heavy atom. The second kappa shape index (κ2) is 7.63. The van der Waals surface area contributed by atoms with Crippen molar-refractivity contribution in [3.63, 3.8) is 0 Å². The fourth-order valence-electron chi connectivity index (χ4n) is 4.09. The maximum atomic E-state index is 13.4. The van der Waals surface area contributed by atoms with Gasteiger partial charge in [0.1, 0.15) is 6.54 Å². The van der Waals surface area contributed by atoms with E-state index < -0.39 is 23.8 Å².